The summed E-state index contributed by atoms with van der Waals surface area (Å²) in [6.45, 7) is 0.443. The van der Waals surface area contributed by atoms with E-state index in [0.29, 0.717) is 40.7 Å². The fourth-order valence-corrected chi connectivity index (χ4v) is 3.26. The molecule has 0 bridgehead atoms. The van der Waals surface area contributed by atoms with Gasteiger partial charge in [-0.3, -0.25) is 4.79 Å². The zero-order valence-electron chi connectivity index (χ0n) is 17.1. The Labute approximate surface area is 184 Å². The van der Waals surface area contributed by atoms with Gasteiger partial charge in [-0.1, -0.05) is 36.4 Å². The van der Waals surface area contributed by atoms with Crippen molar-refractivity contribution >= 4 is 22.8 Å². The molecule has 2 aromatic heterocycles. The molecule has 0 saturated heterocycles. The molecular weight excluding hydrogens is 402 g/mol. The summed E-state index contributed by atoms with van der Waals surface area (Å²) in [6.07, 6.45) is 1.68. The summed E-state index contributed by atoms with van der Waals surface area (Å²) in [5, 5.41) is 2.91. The maximum atomic E-state index is 12.7. The standard InChI is InChI=1S/C26H19N3O3/c30-25(20-8-4-9-22(16-20)31-17-18-6-2-1-3-7-18)28-21-13-11-19(12-14-21)26-29-24-23(32-26)10-5-15-27-24/h1-16H,17H2,(H,28,30). The minimum absolute atomic E-state index is 0.214. The lowest BCUT2D eigenvalue weighted by atomic mass is 10.1. The quantitative estimate of drug-likeness (QED) is 0.379. The van der Waals surface area contributed by atoms with E-state index in [1.54, 1.807) is 30.5 Å². The van der Waals surface area contributed by atoms with Crippen molar-refractivity contribution in [3.8, 4) is 17.2 Å². The van der Waals surface area contributed by atoms with Crippen LogP contribution in [0.2, 0.25) is 0 Å². The number of hydrogen-bond acceptors (Lipinski definition) is 5. The Morgan fingerprint density at radius 3 is 2.56 bits per heavy atom. The van der Waals surface area contributed by atoms with Gasteiger partial charge in [0, 0.05) is 23.0 Å². The molecule has 2 heterocycles. The maximum absolute atomic E-state index is 12.7. The van der Waals surface area contributed by atoms with E-state index < -0.39 is 0 Å². The van der Waals surface area contributed by atoms with Crippen LogP contribution < -0.4 is 10.1 Å². The molecule has 0 aliphatic rings. The lowest BCUT2D eigenvalue weighted by Crippen LogP contribution is -2.11. The SMILES string of the molecule is O=C(Nc1ccc(-c2nc3ncccc3o2)cc1)c1cccc(OCc2ccccc2)c1. The van der Waals surface area contributed by atoms with Crippen molar-refractivity contribution in [2.75, 3.05) is 5.32 Å². The Balaban J connectivity index is 1.25. The molecule has 0 saturated carbocycles. The Morgan fingerprint density at radius 2 is 1.75 bits per heavy atom. The number of aromatic nitrogens is 2. The number of amides is 1. The second-order valence-corrected chi connectivity index (χ2v) is 7.18. The summed E-state index contributed by atoms with van der Waals surface area (Å²) in [4.78, 5) is 21.3. The number of nitrogens with zero attached hydrogens (tertiary/aromatic N) is 2. The Morgan fingerprint density at radius 1 is 0.906 bits per heavy atom. The van der Waals surface area contributed by atoms with E-state index in [1.807, 2.05) is 66.7 Å². The third-order valence-electron chi connectivity index (χ3n) is 4.90. The first-order valence-electron chi connectivity index (χ1n) is 10.1. The molecule has 32 heavy (non-hydrogen) atoms. The summed E-state index contributed by atoms with van der Waals surface area (Å²) in [7, 11) is 0. The average molecular weight is 421 g/mol. The summed E-state index contributed by atoms with van der Waals surface area (Å²) in [5.41, 5.74) is 4.26. The monoisotopic (exact) mass is 421 g/mol. The number of ether oxygens (including phenoxy) is 1. The minimum Gasteiger partial charge on any atom is -0.489 e. The van der Waals surface area contributed by atoms with E-state index in [2.05, 4.69) is 15.3 Å². The highest BCUT2D eigenvalue weighted by molar-refractivity contribution is 6.04. The van der Waals surface area contributed by atoms with Crippen molar-refractivity contribution in [1.82, 2.24) is 9.97 Å². The number of rotatable bonds is 6. The van der Waals surface area contributed by atoms with E-state index in [9.17, 15) is 4.79 Å². The largest absolute Gasteiger partial charge is 0.489 e. The Bertz CT molecular complexity index is 1330. The molecule has 156 valence electrons. The van der Waals surface area contributed by atoms with Gasteiger partial charge in [0.15, 0.2) is 11.2 Å². The Hall–Kier alpha value is -4.45. The van der Waals surface area contributed by atoms with Gasteiger partial charge in [-0.25, -0.2) is 4.98 Å². The molecular formula is C26H19N3O3. The number of hydrogen-bond donors (Lipinski definition) is 1. The second-order valence-electron chi connectivity index (χ2n) is 7.18. The normalized spacial score (nSPS) is 10.8. The van der Waals surface area contributed by atoms with Crippen LogP contribution in [-0.2, 0) is 6.61 Å². The highest BCUT2D eigenvalue weighted by atomic mass is 16.5. The number of pyridine rings is 1. The molecule has 5 rings (SSSR count). The van der Waals surface area contributed by atoms with Crippen LogP contribution in [0.15, 0.2) is 102 Å². The summed E-state index contributed by atoms with van der Waals surface area (Å²) < 4.78 is 11.6. The molecule has 6 nitrogen and oxygen atoms in total. The van der Waals surface area contributed by atoms with Crippen LogP contribution in [-0.4, -0.2) is 15.9 Å². The second kappa shape index (κ2) is 8.73. The van der Waals surface area contributed by atoms with Crippen LogP contribution in [0.25, 0.3) is 22.7 Å². The topological polar surface area (TPSA) is 77.3 Å². The number of fused-ring (bicyclic) bond motifs is 1. The van der Waals surface area contributed by atoms with Crippen LogP contribution in [0.5, 0.6) is 5.75 Å². The van der Waals surface area contributed by atoms with Gasteiger partial charge in [-0.15, -0.1) is 0 Å². The zero-order chi connectivity index (χ0) is 21.8. The van der Waals surface area contributed by atoms with Gasteiger partial charge >= 0.3 is 0 Å². The van der Waals surface area contributed by atoms with E-state index >= 15 is 0 Å². The number of nitrogens with one attached hydrogen (secondary N) is 1. The van der Waals surface area contributed by atoms with Crippen LogP contribution in [0.4, 0.5) is 5.69 Å². The number of carbonyl (C=O) groups excluding carboxylic acids is 1. The number of benzene rings is 3. The molecule has 0 aliphatic heterocycles. The van der Waals surface area contributed by atoms with Gasteiger partial charge in [-0.05, 0) is 60.2 Å². The fourth-order valence-electron chi connectivity index (χ4n) is 3.26. The van der Waals surface area contributed by atoms with Crippen molar-refractivity contribution < 1.29 is 13.9 Å². The first kappa shape index (κ1) is 19.5. The first-order chi connectivity index (χ1) is 15.7. The van der Waals surface area contributed by atoms with E-state index in [0.717, 1.165) is 11.1 Å². The van der Waals surface area contributed by atoms with Crippen molar-refractivity contribution in [3.63, 3.8) is 0 Å². The molecule has 0 aliphatic carbocycles. The highest BCUT2D eigenvalue weighted by Gasteiger charge is 2.11. The van der Waals surface area contributed by atoms with Gasteiger partial charge in [-0.2, -0.15) is 4.98 Å². The molecule has 3 aromatic carbocycles. The van der Waals surface area contributed by atoms with Crippen LogP contribution >= 0.6 is 0 Å². The molecule has 1 amide bonds. The molecule has 1 N–H and O–H groups in total. The number of oxazole rings is 1. The van der Waals surface area contributed by atoms with Crippen LogP contribution in [0.3, 0.4) is 0 Å². The highest BCUT2D eigenvalue weighted by Crippen LogP contribution is 2.24. The molecule has 0 unspecified atom stereocenters. The van der Waals surface area contributed by atoms with Gasteiger partial charge < -0.3 is 14.5 Å². The third-order valence-corrected chi connectivity index (χ3v) is 4.90. The first-order valence-corrected chi connectivity index (χ1v) is 10.1. The Kier molecular flexibility index (Phi) is 5.32. The van der Waals surface area contributed by atoms with Crippen LogP contribution in [0, 0.1) is 0 Å². The zero-order valence-corrected chi connectivity index (χ0v) is 17.1. The molecule has 6 heteroatoms. The smallest absolute Gasteiger partial charge is 0.255 e. The van der Waals surface area contributed by atoms with Crippen molar-refractivity contribution in [1.29, 1.82) is 0 Å². The summed E-state index contributed by atoms with van der Waals surface area (Å²) in [5.74, 6) is 0.912. The van der Waals surface area contributed by atoms with Gasteiger partial charge in [0.2, 0.25) is 5.89 Å². The molecule has 5 aromatic rings. The summed E-state index contributed by atoms with van der Waals surface area (Å²) >= 11 is 0. The predicted molar refractivity (Wildman–Crippen MR) is 122 cm³/mol. The lowest BCUT2D eigenvalue weighted by Gasteiger charge is -2.09. The minimum atomic E-state index is -0.214. The molecule has 0 spiro atoms. The van der Waals surface area contributed by atoms with E-state index in [4.69, 9.17) is 9.15 Å². The average Bonchev–Trinajstić information content (AvgIpc) is 3.28. The van der Waals surface area contributed by atoms with E-state index in [-0.39, 0.29) is 5.91 Å². The lowest BCUT2D eigenvalue weighted by molar-refractivity contribution is 0.102. The van der Waals surface area contributed by atoms with Crippen molar-refractivity contribution in [3.05, 3.63) is 108 Å². The fraction of sp³-hybridized carbons (Fsp3) is 0.0385. The van der Waals surface area contributed by atoms with Crippen LogP contribution in [0.1, 0.15) is 15.9 Å². The molecule has 0 atom stereocenters. The van der Waals surface area contributed by atoms with Crippen molar-refractivity contribution in [2.45, 2.75) is 6.61 Å². The maximum Gasteiger partial charge on any atom is 0.255 e. The van der Waals surface area contributed by atoms with Gasteiger partial charge in [0.1, 0.15) is 12.4 Å². The molecule has 0 radical (unpaired) electrons. The molecule has 0 fully saturated rings. The number of anilines is 1. The van der Waals surface area contributed by atoms with Gasteiger partial charge in [0.25, 0.3) is 5.91 Å². The third kappa shape index (κ3) is 4.34. The van der Waals surface area contributed by atoms with Crippen molar-refractivity contribution in [2.24, 2.45) is 0 Å². The predicted octanol–water partition coefficient (Wildman–Crippen LogP) is 5.72. The summed E-state index contributed by atoms with van der Waals surface area (Å²) in [6, 6.07) is 28.0. The van der Waals surface area contributed by atoms with Gasteiger partial charge in [0.05, 0.1) is 0 Å². The van der Waals surface area contributed by atoms with E-state index in [1.165, 1.54) is 0 Å². The number of carbonyl (C=O) groups is 1.